The maximum atomic E-state index is 6.22. The minimum atomic E-state index is 0.414. The van der Waals surface area contributed by atoms with Crippen LogP contribution in [0.25, 0.3) is 0 Å². The van der Waals surface area contributed by atoms with Crippen molar-refractivity contribution < 1.29 is 9.47 Å². The Morgan fingerprint density at radius 3 is 2.46 bits per heavy atom. The third kappa shape index (κ3) is 4.69. The Morgan fingerprint density at radius 1 is 1.12 bits per heavy atom. The molecule has 128 valence electrons. The third-order valence-corrected chi connectivity index (χ3v) is 4.15. The van der Waals surface area contributed by atoms with Crippen LogP contribution < -0.4 is 14.9 Å². The first-order valence-corrected chi connectivity index (χ1v) is 8.39. The molecule has 0 radical (unpaired) electrons. The molecule has 4 nitrogen and oxygen atoms in total. The average molecular weight is 388 g/mol. The van der Waals surface area contributed by atoms with Crippen molar-refractivity contribution in [2.45, 2.75) is 13.5 Å². The van der Waals surface area contributed by atoms with Crippen LogP contribution in [-0.2, 0) is 6.54 Å². The summed E-state index contributed by atoms with van der Waals surface area (Å²) in [5, 5.41) is 5.82. The molecule has 0 spiro atoms. The molecular weight excluding hydrogens is 371 g/mol. The molecule has 2 rings (SSSR count). The van der Waals surface area contributed by atoms with Gasteiger partial charge in [0, 0.05) is 15.6 Å². The van der Waals surface area contributed by atoms with E-state index in [9.17, 15) is 0 Å². The molecule has 0 atom stereocenters. The van der Waals surface area contributed by atoms with Gasteiger partial charge in [-0.15, -0.1) is 0 Å². The van der Waals surface area contributed by atoms with Gasteiger partial charge in [-0.25, -0.2) is 0 Å². The number of ether oxygens (including phenoxy) is 2. The number of halogens is 3. The second-order valence-corrected chi connectivity index (χ2v) is 5.98. The van der Waals surface area contributed by atoms with E-state index in [1.165, 1.54) is 0 Å². The van der Waals surface area contributed by atoms with Gasteiger partial charge in [-0.1, -0.05) is 40.9 Å². The quantitative estimate of drug-likeness (QED) is 0.526. The van der Waals surface area contributed by atoms with Crippen LogP contribution in [0.2, 0.25) is 15.1 Å². The van der Waals surface area contributed by atoms with Crippen molar-refractivity contribution in [1.29, 1.82) is 0 Å². The van der Waals surface area contributed by atoms with Gasteiger partial charge >= 0.3 is 0 Å². The highest BCUT2D eigenvalue weighted by Gasteiger charge is 2.10. The van der Waals surface area contributed by atoms with Crippen LogP contribution in [-0.4, -0.2) is 19.9 Å². The van der Waals surface area contributed by atoms with Crippen molar-refractivity contribution >= 4 is 41.0 Å². The number of methoxy groups -OCH3 is 1. The van der Waals surface area contributed by atoms with Gasteiger partial charge in [-0.05, 0) is 36.8 Å². The number of rotatable bonds is 7. The third-order valence-electron chi connectivity index (χ3n) is 3.16. The molecule has 0 heterocycles. The zero-order valence-electron chi connectivity index (χ0n) is 13.3. The fourth-order valence-corrected chi connectivity index (χ4v) is 2.85. The van der Waals surface area contributed by atoms with E-state index in [-0.39, 0.29) is 0 Å². The Labute approximate surface area is 156 Å². The first-order chi connectivity index (χ1) is 11.6. The standard InChI is InChI=1S/C17H17Cl3N2O2/c1-3-24-17-15(20)7-11(8-16(17)23-2)9-21-22-10-12-13(18)5-4-6-14(12)19/h4-9,22H,3,10H2,1-2H3/b21-9+. The van der Waals surface area contributed by atoms with Crippen LogP contribution in [0.1, 0.15) is 18.1 Å². The average Bonchev–Trinajstić information content (AvgIpc) is 2.56. The molecule has 0 bridgehead atoms. The lowest BCUT2D eigenvalue weighted by atomic mass is 10.2. The highest BCUT2D eigenvalue weighted by Crippen LogP contribution is 2.36. The lowest BCUT2D eigenvalue weighted by molar-refractivity contribution is 0.311. The minimum absolute atomic E-state index is 0.414. The monoisotopic (exact) mass is 386 g/mol. The summed E-state index contributed by atoms with van der Waals surface area (Å²) in [5.74, 6) is 1.08. The van der Waals surface area contributed by atoms with Crippen molar-refractivity contribution in [2.24, 2.45) is 5.10 Å². The summed E-state index contributed by atoms with van der Waals surface area (Å²) in [4.78, 5) is 0. The normalized spacial score (nSPS) is 10.9. The molecule has 1 N–H and O–H groups in total. The van der Waals surface area contributed by atoms with Crippen molar-refractivity contribution in [3.63, 3.8) is 0 Å². The largest absolute Gasteiger partial charge is 0.493 e. The van der Waals surface area contributed by atoms with Gasteiger partial charge in [0.05, 0.1) is 31.5 Å². The van der Waals surface area contributed by atoms with Crippen LogP contribution in [0.5, 0.6) is 11.5 Å². The van der Waals surface area contributed by atoms with Gasteiger partial charge in [0.25, 0.3) is 0 Å². The summed E-state index contributed by atoms with van der Waals surface area (Å²) in [5.41, 5.74) is 4.48. The van der Waals surface area contributed by atoms with Crippen LogP contribution in [0, 0.1) is 0 Å². The molecule has 2 aromatic carbocycles. The molecular formula is C17H17Cl3N2O2. The number of hydrogen-bond acceptors (Lipinski definition) is 4. The number of hydrazone groups is 1. The second-order valence-electron chi connectivity index (χ2n) is 4.76. The maximum Gasteiger partial charge on any atom is 0.179 e. The van der Waals surface area contributed by atoms with E-state index in [0.717, 1.165) is 11.1 Å². The smallest absolute Gasteiger partial charge is 0.179 e. The second kappa shape index (κ2) is 9.02. The Hall–Kier alpha value is -1.62. The van der Waals surface area contributed by atoms with Crippen molar-refractivity contribution in [1.82, 2.24) is 5.43 Å². The Balaban J connectivity index is 2.08. The molecule has 0 fully saturated rings. The molecule has 0 unspecified atom stereocenters. The molecule has 0 saturated carbocycles. The van der Waals surface area contributed by atoms with E-state index in [1.54, 1.807) is 43.7 Å². The molecule has 0 aromatic heterocycles. The zero-order valence-corrected chi connectivity index (χ0v) is 15.5. The van der Waals surface area contributed by atoms with E-state index in [2.05, 4.69) is 10.5 Å². The Morgan fingerprint density at radius 2 is 1.83 bits per heavy atom. The van der Waals surface area contributed by atoms with Crippen LogP contribution in [0.15, 0.2) is 35.4 Å². The maximum absolute atomic E-state index is 6.22. The summed E-state index contributed by atoms with van der Waals surface area (Å²) in [7, 11) is 1.56. The van der Waals surface area contributed by atoms with E-state index < -0.39 is 0 Å². The summed E-state index contributed by atoms with van der Waals surface area (Å²) in [6.07, 6.45) is 1.63. The van der Waals surface area contributed by atoms with Gasteiger partial charge in [-0.2, -0.15) is 5.10 Å². The highest BCUT2D eigenvalue weighted by atomic mass is 35.5. The number of nitrogens with zero attached hydrogens (tertiary/aromatic N) is 1. The molecule has 24 heavy (non-hydrogen) atoms. The Bertz CT molecular complexity index is 716. The Kier molecular flexibility index (Phi) is 7.03. The SMILES string of the molecule is CCOc1c(Cl)cc(/C=N/NCc2c(Cl)cccc2Cl)cc1OC. The van der Waals surface area contributed by atoms with E-state index in [4.69, 9.17) is 44.3 Å². The van der Waals surface area contributed by atoms with Crippen LogP contribution >= 0.6 is 34.8 Å². The van der Waals surface area contributed by atoms with E-state index in [0.29, 0.717) is 39.7 Å². The molecule has 0 aliphatic carbocycles. The summed E-state index contributed by atoms with van der Waals surface area (Å²) < 4.78 is 10.8. The highest BCUT2D eigenvalue weighted by molar-refractivity contribution is 6.36. The first-order valence-electron chi connectivity index (χ1n) is 7.26. The van der Waals surface area contributed by atoms with Gasteiger partial charge in [0.2, 0.25) is 0 Å². The van der Waals surface area contributed by atoms with Gasteiger partial charge < -0.3 is 14.9 Å². The van der Waals surface area contributed by atoms with Crippen molar-refractivity contribution in [3.05, 3.63) is 56.5 Å². The predicted octanol–water partition coefficient (Wildman–Crippen LogP) is 5.18. The lowest BCUT2D eigenvalue weighted by Gasteiger charge is -2.11. The number of benzene rings is 2. The summed E-state index contributed by atoms with van der Waals surface area (Å²) in [6.45, 7) is 2.80. The lowest BCUT2D eigenvalue weighted by Crippen LogP contribution is -2.06. The van der Waals surface area contributed by atoms with Gasteiger partial charge in [0.15, 0.2) is 11.5 Å². The van der Waals surface area contributed by atoms with E-state index in [1.807, 2.05) is 6.92 Å². The van der Waals surface area contributed by atoms with Crippen molar-refractivity contribution in [2.75, 3.05) is 13.7 Å². The molecule has 0 aliphatic rings. The molecule has 0 saturated heterocycles. The topological polar surface area (TPSA) is 42.8 Å². The minimum Gasteiger partial charge on any atom is -0.493 e. The van der Waals surface area contributed by atoms with Gasteiger partial charge in [0.1, 0.15) is 0 Å². The van der Waals surface area contributed by atoms with Crippen molar-refractivity contribution in [3.8, 4) is 11.5 Å². The fourth-order valence-electron chi connectivity index (χ4n) is 2.04. The zero-order chi connectivity index (χ0) is 17.5. The fraction of sp³-hybridized carbons (Fsp3) is 0.235. The van der Waals surface area contributed by atoms with Crippen LogP contribution in [0.3, 0.4) is 0 Å². The van der Waals surface area contributed by atoms with Crippen LogP contribution in [0.4, 0.5) is 0 Å². The number of hydrogen-bond donors (Lipinski definition) is 1. The molecule has 2 aromatic rings. The van der Waals surface area contributed by atoms with E-state index >= 15 is 0 Å². The predicted molar refractivity (Wildman–Crippen MR) is 100 cm³/mol. The first kappa shape index (κ1) is 18.7. The molecule has 7 heteroatoms. The number of nitrogens with one attached hydrogen (secondary N) is 1. The van der Waals surface area contributed by atoms with Gasteiger partial charge in [-0.3, -0.25) is 0 Å². The molecule has 0 amide bonds. The molecule has 0 aliphatic heterocycles. The summed E-state index contributed by atoms with van der Waals surface area (Å²) in [6, 6.07) is 8.91. The summed E-state index contributed by atoms with van der Waals surface area (Å²) >= 11 is 18.4.